The molecule has 4 aromatic rings. The zero-order valence-electron chi connectivity index (χ0n) is 21.7. The Morgan fingerprint density at radius 2 is 1.38 bits per heavy atom. The number of hydrogen-bond donors (Lipinski definition) is 0. The summed E-state index contributed by atoms with van der Waals surface area (Å²) in [6.07, 6.45) is 10.2. The van der Waals surface area contributed by atoms with E-state index in [1.165, 1.54) is 64.6 Å². The van der Waals surface area contributed by atoms with E-state index < -0.39 is 0 Å². The van der Waals surface area contributed by atoms with Gasteiger partial charge in [-0.3, -0.25) is 4.79 Å². The Bertz CT molecular complexity index is 1320. The van der Waals surface area contributed by atoms with Crippen LogP contribution >= 0.6 is 0 Å². The minimum atomic E-state index is -0.0420. The molecular weight excluding hydrogens is 458 g/mol. The van der Waals surface area contributed by atoms with Crippen LogP contribution in [-0.2, 0) is 0 Å². The topological polar surface area (TPSA) is 42.7 Å². The second kappa shape index (κ2) is 12.7. The highest BCUT2D eigenvalue weighted by molar-refractivity contribution is 5.80. The molecular formula is C33H37NO3. The van der Waals surface area contributed by atoms with E-state index in [-0.39, 0.29) is 5.43 Å². The maximum absolute atomic E-state index is 12.8. The SMILES string of the molecule is O=c1cc(-c2ccc(-c3ccccc3)cc2)oc2cc(OCCCCCCCCN3CCCC3)ccc12. The third kappa shape index (κ3) is 6.90. The first-order valence-corrected chi connectivity index (χ1v) is 13.9. The van der Waals surface area contributed by atoms with Gasteiger partial charge in [-0.2, -0.15) is 0 Å². The average molecular weight is 496 g/mol. The molecule has 192 valence electrons. The van der Waals surface area contributed by atoms with Gasteiger partial charge < -0.3 is 14.1 Å². The predicted octanol–water partition coefficient (Wildman–Crippen LogP) is 7.94. The van der Waals surface area contributed by atoms with Gasteiger partial charge in [0.05, 0.1) is 12.0 Å². The van der Waals surface area contributed by atoms with E-state index in [0.717, 1.165) is 28.9 Å². The maximum Gasteiger partial charge on any atom is 0.193 e. The van der Waals surface area contributed by atoms with Crippen molar-refractivity contribution >= 4 is 11.0 Å². The molecule has 37 heavy (non-hydrogen) atoms. The third-order valence-corrected chi connectivity index (χ3v) is 7.31. The molecule has 0 unspecified atom stereocenters. The molecule has 0 aliphatic carbocycles. The van der Waals surface area contributed by atoms with Crippen LogP contribution in [0, 0.1) is 0 Å². The highest BCUT2D eigenvalue weighted by atomic mass is 16.5. The molecule has 0 atom stereocenters. The van der Waals surface area contributed by atoms with Gasteiger partial charge in [0.1, 0.15) is 17.1 Å². The van der Waals surface area contributed by atoms with Gasteiger partial charge in [-0.05, 0) is 68.6 Å². The van der Waals surface area contributed by atoms with Crippen molar-refractivity contribution in [1.82, 2.24) is 4.90 Å². The minimum absolute atomic E-state index is 0.0420. The molecule has 4 heteroatoms. The molecule has 0 spiro atoms. The van der Waals surface area contributed by atoms with Crippen molar-refractivity contribution in [2.45, 2.75) is 51.4 Å². The lowest BCUT2D eigenvalue weighted by molar-refractivity contribution is 0.302. The van der Waals surface area contributed by atoms with E-state index in [1.807, 2.05) is 42.5 Å². The number of nitrogens with zero attached hydrogens (tertiary/aromatic N) is 1. The number of likely N-dealkylation sites (tertiary alicyclic amines) is 1. The van der Waals surface area contributed by atoms with Crippen LogP contribution in [0.4, 0.5) is 0 Å². The summed E-state index contributed by atoms with van der Waals surface area (Å²) in [6, 6.07) is 25.4. The van der Waals surface area contributed by atoms with Crippen molar-refractivity contribution < 1.29 is 9.15 Å². The predicted molar refractivity (Wildman–Crippen MR) is 152 cm³/mol. The molecule has 1 saturated heterocycles. The van der Waals surface area contributed by atoms with Crippen LogP contribution in [0.25, 0.3) is 33.4 Å². The van der Waals surface area contributed by atoms with Crippen molar-refractivity contribution in [3.63, 3.8) is 0 Å². The van der Waals surface area contributed by atoms with Crippen molar-refractivity contribution in [3.05, 3.63) is 89.1 Å². The molecule has 0 bridgehead atoms. The average Bonchev–Trinajstić information content (AvgIpc) is 3.46. The molecule has 4 nitrogen and oxygen atoms in total. The van der Waals surface area contributed by atoms with Crippen LogP contribution in [0.5, 0.6) is 5.75 Å². The molecule has 1 aromatic heterocycles. The number of rotatable bonds is 12. The molecule has 0 N–H and O–H groups in total. The summed E-state index contributed by atoms with van der Waals surface area (Å²) in [5.41, 5.74) is 3.69. The number of hydrogen-bond acceptors (Lipinski definition) is 4. The smallest absolute Gasteiger partial charge is 0.193 e. The Hall–Kier alpha value is -3.37. The van der Waals surface area contributed by atoms with Crippen molar-refractivity contribution in [3.8, 4) is 28.2 Å². The van der Waals surface area contributed by atoms with Crippen LogP contribution in [0.3, 0.4) is 0 Å². The lowest BCUT2D eigenvalue weighted by Crippen LogP contribution is -2.20. The summed E-state index contributed by atoms with van der Waals surface area (Å²) < 4.78 is 12.1. The zero-order valence-corrected chi connectivity index (χ0v) is 21.7. The minimum Gasteiger partial charge on any atom is -0.493 e. The number of fused-ring (bicyclic) bond motifs is 1. The van der Waals surface area contributed by atoms with Gasteiger partial charge in [-0.25, -0.2) is 0 Å². The van der Waals surface area contributed by atoms with Crippen LogP contribution in [0.1, 0.15) is 51.4 Å². The summed E-state index contributed by atoms with van der Waals surface area (Å²) in [5, 5.41) is 0.575. The van der Waals surface area contributed by atoms with E-state index in [9.17, 15) is 4.79 Å². The van der Waals surface area contributed by atoms with Gasteiger partial charge in [-0.1, -0.05) is 80.3 Å². The molecule has 1 aliphatic heterocycles. The summed E-state index contributed by atoms with van der Waals surface area (Å²) in [5.74, 6) is 1.32. The van der Waals surface area contributed by atoms with Crippen molar-refractivity contribution in [1.29, 1.82) is 0 Å². The number of unbranched alkanes of at least 4 members (excludes halogenated alkanes) is 5. The first-order chi connectivity index (χ1) is 18.3. The van der Waals surface area contributed by atoms with E-state index >= 15 is 0 Å². The monoisotopic (exact) mass is 495 g/mol. The molecule has 0 saturated carbocycles. The van der Waals surface area contributed by atoms with Crippen molar-refractivity contribution in [2.75, 3.05) is 26.2 Å². The summed E-state index contributed by atoms with van der Waals surface area (Å²) in [7, 11) is 0. The van der Waals surface area contributed by atoms with E-state index in [1.54, 1.807) is 12.1 Å². The standard InChI is InChI=1S/C33H37NO3/c35-31-25-32(28-16-14-27(15-17-28)26-12-6-5-7-13-26)37-33-24-29(18-19-30(31)33)36-23-11-4-2-1-3-8-20-34-21-9-10-22-34/h5-7,12-19,24-25H,1-4,8-11,20-23H2. The highest BCUT2D eigenvalue weighted by Gasteiger charge is 2.11. The summed E-state index contributed by atoms with van der Waals surface area (Å²) in [6.45, 7) is 4.57. The van der Waals surface area contributed by atoms with Crippen LogP contribution < -0.4 is 10.2 Å². The molecule has 3 aromatic carbocycles. The van der Waals surface area contributed by atoms with Crippen LogP contribution in [0.2, 0.25) is 0 Å². The zero-order chi connectivity index (χ0) is 25.3. The molecule has 0 amide bonds. The van der Waals surface area contributed by atoms with Crippen LogP contribution in [-0.4, -0.2) is 31.1 Å². The normalized spacial score (nSPS) is 13.8. The largest absolute Gasteiger partial charge is 0.493 e. The molecule has 1 fully saturated rings. The Morgan fingerprint density at radius 1 is 0.703 bits per heavy atom. The van der Waals surface area contributed by atoms with Gasteiger partial charge in [0, 0.05) is 17.7 Å². The van der Waals surface area contributed by atoms with Gasteiger partial charge in [0.25, 0.3) is 0 Å². The number of benzene rings is 3. The van der Waals surface area contributed by atoms with Gasteiger partial charge in [0.15, 0.2) is 5.43 Å². The summed E-state index contributed by atoms with van der Waals surface area (Å²) in [4.78, 5) is 15.4. The fraction of sp³-hybridized carbons (Fsp3) is 0.364. The number of ether oxygens (including phenoxy) is 1. The van der Waals surface area contributed by atoms with E-state index in [4.69, 9.17) is 9.15 Å². The first-order valence-electron chi connectivity index (χ1n) is 13.9. The maximum atomic E-state index is 12.8. The second-order valence-corrected chi connectivity index (χ2v) is 10.1. The quantitative estimate of drug-likeness (QED) is 0.187. The fourth-order valence-electron chi connectivity index (χ4n) is 5.17. The fourth-order valence-corrected chi connectivity index (χ4v) is 5.17. The van der Waals surface area contributed by atoms with Gasteiger partial charge in [0.2, 0.25) is 0 Å². The van der Waals surface area contributed by atoms with Crippen molar-refractivity contribution in [2.24, 2.45) is 0 Å². The van der Waals surface area contributed by atoms with Gasteiger partial charge >= 0.3 is 0 Å². The molecule has 5 rings (SSSR count). The Kier molecular flexibility index (Phi) is 8.70. The van der Waals surface area contributed by atoms with Crippen LogP contribution in [0.15, 0.2) is 88.1 Å². The molecule has 2 heterocycles. The Labute approximate surface area is 219 Å². The summed E-state index contributed by atoms with van der Waals surface area (Å²) >= 11 is 0. The van der Waals surface area contributed by atoms with Gasteiger partial charge in [-0.15, -0.1) is 0 Å². The Morgan fingerprint density at radius 3 is 2.16 bits per heavy atom. The molecule has 1 aliphatic rings. The van der Waals surface area contributed by atoms with E-state index in [0.29, 0.717) is 23.3 Å². The lowest BCUT2D eigenvalue weighted by atomic mass is 10.0. The van der Waals surface area contributed by atoms with E-state index in [2.05, 4.69) is 29.2 Å². The second-order valence-electron chi connectivity index (χ2n) is 10.1. The highest BCUT2D eigenvalue weighted by Crippen LogP contribution is 2.27. The Balaban J connectivity index is 1.12. The lowest BCUT2D eigenvalue weighted by Gasteiger charge is -2.13. The first kappa shape index (κ1) is 25.3. The molecule has 0 radical (unpaired) electrons. The third-order valence-electron chi connectivity index (χ3n) is 7.31.